The number of anilines is 1. The van der Waals surface area contributed by atoms with E-state index < -0.39 is 11.0 Å². The summed E-state index contributed by atoms with van der Waals surface area (Å²) in [5, 5.41) is 25.5. The molecule has 2 N–H and O–H groups in total. The molecule has 0 aliphatic carbocycles. The maximum absolute atomic E-state index is 12.8. The Bertz CT molecular complexity index is 848. The highest BCUT2D eigenvalue weighted by molar-refractivity contribution is 7.15. The van der Waals surface area contributed by atoms with Crippen molar-refractivity contribution in [1.82, 2.24) is 9.38 Å². The second-order valence-electron chi connectivity index (χ2n) is 4.90. The first kappa shape index (κ1) is 16.1. The number of ether oxygens (including phenoxy) is 1. The lowest BCUT2D eigenvalue weighted by molar-refractivity contribution is -0.389. The van der Waals surface area contributed by atoms with Crippen LogP contribution < -0.4 is 10.1 Å². The number of halogens is 1. The predicted octanol–water partition coefficient (Wildman–Crippen LogP) is 2.29. The average Bonchev–Trinajstić information content (AvgIpc) is 3.12. The summed E-state index contributed by atoms with van der Waals surface area (Å²) in [5.41, 5.74) is 0. The third-order valence-electron chi connectivity index (χ3n) is 3.17. The number of imidazole rings is 1. The summed E-state index contributed by atoms with van der Waals surface area (Å²) in [6.07, 6.45) is 0.638. The molecule has 8 nitrogen and oxygen atoms in total. The summed E-state index contributed by atoms with van der Waals surface area (Å²) in [7, 11) is 0. The number of thiazole rings is 1. The number of fused-ring (bicyclic) bond motifs is 1. The van der Waals surface area contributed by atoms with Gasteiger partial charge in [-0.2, -0.15) is 9.38 Å². The van der Waals surface area contributed by atoms with Gasteiger partial charge in [0.05, 0.1) is 0 Å². The van der Waals surface area contributed by atoms with Gasteiger partial charge in [-0.25, -0.2) is 4.39 Å². The number of aromatic nitrogens is 2. The molecule has 2 heterocycles. The second kappa shape index (κ2) is 6.81. The minimum absolute atomic E-state index is 0.0207. The Labute approximate surface area is 139 Å². The zero-order valence-electron chi connectivity index (χ0n) is 12.3. The molecule has 2 aromatic heterocycles. The third-order valence-corrected chi connectivity index (χ3v) is 3.93. The van der Waals surface area contributed by atoms with Gasteiger partial charge in [0.15, 0.2) is 0 Å². The Balaban J connectivity index is 1.59. The molecule has 0 aliphatic rings. The third kappa shape index (κ3) is 3.44. The van der Waals surface area contributed by atoms with Gasteiger partial charge < -0.3 is 25.3 Å². The van der Waals surface area contributed by atoms with Gasteiger partial charge in [0.1, 0.15) is 30.5 Å². The molecule has 1 aromatic carbocycles. The molecule has 0 fully saturated rings. The van der Waals surface area contributed by atoms with E-state index in [4.69, 9.17) is 4.74 Å². The molecule has 0 amide bonds. The van der Waals surface area contributed by atoms with Crippen LogP contribution >= 0.6 is 11.3 Å². The van der Waals surface area contributed by atoms with E-state index in [0.29, 0.717) is 10.7 Å². The van der Waals surface area contributed by atoms with E-state index in [0.717, 1.165) is 0 Å². The standard InChI is InChI=1S/C14H13FN4O4S/c15-9-1-3-11(4-2-9)23-8-10(20)7-16-12-13(19(21)22)18-5-6-24-14(18)17-12/h1-6,10,16,20H,7-8H2. The quantitative estimate of drug-likeness (QED) is 0.500. The molecule has 0 bridgehead atoms. The van der Waals surface area contributed by atoms with Crippen LogP contribution in [0.2, 0.25) is 0 Å². The number of nitrogens with one attached hydrogen (secondary N) is 1. The largest absolute Gasteiger partial charge is 0.491 e. The van der Waals surface area contributed by atoms with Gasteiger partial charge in [0.25, 0.3) is 4.96 Å². The highest BCUT2D eigenvalue weighted by atomic mass is 32.1. The zero-order valence-corrected chi connectivity index (χ0v) is 13.1. The Hall–Kier alpha value is -2.72. The molecule has 0 radical (unpaired) electrons. The highest BCUT2D eigenvalue weighted by Gasteiger charge is 2.23. The van der Waals surface area contributed by atoms with E-state index in [-0.39, 0.29) is 30.6 Å². The van der Waals surface area contributed by atoms with Crippen LogP contribution in [0.4, 0.5) is 16.0 Å². The molecule has 0 saturated heterocycles. The molecule has 0 spiro atoms. The van der Waals surface area contributed by atoms with E-state index in [1.807, 2.05) is 0 Å². The molecule has 3 aromatic rings. The molecule has 1 atom stereocenters. The summed E-state index contributed by atoms with van der Waals surface area (Å²) >= 11 is 1.27. The lowest BCUT2D eigenvalue weighted by atomic mass is 10.3. The number of aliphatic hydroxyl groups excluding tert-OH is 1. The number of aliphatic hydroxyl groups is 1. The van der Waals surface area contributed by atoms with Gasteiger partial charge in [-0.1, -0.05) is 11.3 Å². The summed E-state index contributed by atoms with van der Waals surface area (Å²) in [4.78, 5) is 15.3. The van der Waals surface area contributed by atoms with Crippen molar-refractivity contribution in [3.05, 3.63) is 51.8 Å². The van der Waals surface area contributed by atoms with Crippen LogP contribution in [0.3, 0.4) is 0 Å². The second-order valence-corrected chi connectivity index (χ2v) is 5.77. The lowest BCUT2D eigenvalue weighted by Gasteiger charge is -2.12. The summed E-state index contributed by atoms with van der Waals surface area (Å²) in [6, 6.07) is 5.40. The van der Waals surface area contributed by atoms with Crippen LogP contribution in [0.1, 0.15) is 0 Å². The SMILES string of the molecule is O=[N+]([O-])c1c(NCC(O)COc2ccc(F)cc2)nc2sccn12. The molecule has 126 valence electrons. The normalized spacial score (nSPS) is 12.2. The first-order chi connectivity index (χ1) is 11.5. The van der Waals surface area contributed by atoms with Gasteiger partial charge in [0.2, 0.25) is 5.82 Å². The van der Waals surface area contributed by atoms with Crippen molar-refractivity contribution in [1.29, 1.82) is 0 Å². The summed E-state index contributed by atoms with van der Waals surface area (Å²) < 4.78 is 19.5. The highest BCUT2D eigenvalue weighted by Crippen LogP contribution is 2.27. The monoisotopic (exact) mass is 352 g/mol. The van der Waals surface area contributed by atoms with Crippen molar-refractivity contribution in [3.63, 3.8) is 0 Å². The summed E-state index contributed by atoms with van der Waals surface area (Å²) in [6.45, 7) is -0.0263. The number of hydrogen-bond acceptors (Lipinski definition) is 7. The predicted molar refractivity (Wildman–Crippen MR) is 86.1 cm³/mol. The van der Waals surface area contributed by atoms with Crippen LogP contribution in [-0.4, -0.2) is 38.7 Å². The maximum Gasteiger partial charge on any atom is 0.372 e. The van der Waals surface area contributed by atoms with Crippen LogP contribution in [0.5, 0.6) is 5.75 Å². The van der Waals surface area contributed by atoms with Crippen LogP contribution in [-0.2, 0) is 0 Å². The first-order valence-corrected chi connectivity index (χ1v) is 7.83. The van der Waals surface area contributed by atoms with Crippen LogP contribution in [0.15, 0.2) is 35.8 Å². The molecule has 1 unspecified atom stereocenters. The van der Waals surface area contributed by atoms with Gasteiger partial charge in [-0.15, -0.1) is 0 Å². The smallest absolute Gasteiger partial charge is 0.372 e. The molecule has 24 heavy (non-hydrogen) atoms. The first-order valence-electron chi connectivity index (χ1n) is 6.95. The molecule has 0 saturated carbocycles. The van der Waals surface area contributed by atoms with E-state index in [9.17, 15) is 19.6 Å². The Morgan fingerprint density at radius 3 is 2.92 bits per heavy atom. The Kier molecular flexibility index (Phi) is 4.58. The zero-order chi connectivity index (χ0) is 17.1. The number of nitrogens with zero attached hydrogens (tertiary/aromatic N) is 3. The average molecular weight is 352 g/mol. The van der Waals surface area contributed by atoms with E-state index in [1.165, 1.54) is 40.0 Å². The minimum Gasteiger partial charge on any atom is -0.491 e. The van der Waals surface area contributed by atoms with Gasteiger partial charge in [-0.05, 0) is 29.2 Å². The Morgan fingerprint density at radius 2 is 2.21 bits per heavy atom. The van der Waals surface area contributed by atoms with E-state index >= 15 is 0 Å². The van der Waals surface area contributed by atoms with Gasteiger partial charge >= 0.3 is 5.82 Å². The van der Waals surface area contributed by atoms with Crippen molar-refractivity contribution >= 4 is 27.9 Å². The van der Waals surface area contributed by atoms with Crippen molar-refractivity contribution in [2.75, 3.05) is 18.5 Å². The van der Waals surface area contributed by atoms with Crippen molar-refractivity contribution < 1.29 is 19.2 Å². The Morgan fingerprint density at radius 1 is 1.46 bits per heavy atom. The van der Waals surface area contributed by atoms with Crippen molar-refractivity contribution in [3.8, 4) is 5.75 Å². The van der Waals surface area contributed by atoms with Gasteiger partial charge in [0, 0.05) is 11.9 Å². The number of rotatable bonds is 7. The van der Waals surface area contributed by atoms with Crippen molar-refractivity contribution in [2.24, 2.45) is 0 Å². The molecular formula is C14H13FN4O4S. The number of benzene rings is 1. The fourth-order valence-electron chi connectivity index (χ4n) is 2.06. The molecule has 3 rings (SSSR count). The molecule has 0 aliphatic heterocycles. The minimum atomic E-state index is -0.922. The van der Waals surface area contributed by atoms with Crippen LogP contribution in [0.25, 0.3) is 4.96 Å². The molecule has 10 heteroatoms. The van der Waals surface area contributed by atoms with Crippen molar-refractivity contribution in [2.45, 2.75) is 6.10 Å². The lowest BCUT2D eigenvalue weighted by Crippen LogP contribution is -2.26. The van der Waals surface area contributed by atoms with E-state index in [1.54, 1.807) is 11.6 Å². The van der Waals surface area contributed by atoms with E-state index in [2.05, 4.69) is 10.3 Å². The number of hydrogen-bond donors (Lipinski definition) is 2. The number of nitro groups is 1. The van der Waals surface area contributed by atoms with Crippen LogP contribution in [0, 0.1) is 15.9 Å². The maximum atomic E-state index is 12.8. The fourth-order valence-corrected chi connectivity index (χ4v) is 2.77. The van der Waals surface area contributed by atoms with Gasteiger partial charge in [-0.3, -0.25) is 0 Å². The topological polar surface area (TPSA) is 102 Å². The molecular weight excluding hydrogens is 339 g/mol. The fraction of sp³-hybridized carbons (Fsp3) is 0.214. The summed E-state index contributed by atoms with van der Waals surface area (Å²) in [5.74, 6) is -0.0499.